The van der Waals surface area contributed by atoms with E-state index in [0.717, 1.165) is 11.3 Å². The highest BCUT2D eigenvalue weighted by Gasteiger charge is 2.27. The first-order valence-electron chi connectivity index (χ1n) is 8.81. The van der Waals surface area contributed by atoms with Crippen LogP contribution in [-0.2, 0) is 11.4 Å². The van der Waals surface area contributed by atoms with Gasteiger partial charge < -0.3 is 15.1 Å². The van der Waals surface area contributed by atoms with E-state index in [2.05, 4.69) is 10.5 Å². The number of oxime groups is 1. The van der Waals surface area contributed by atoms with Gasteiger partial charge in [-0.05, 0) is 30.7 Å². The van der Waals surface area contributed by atoms with E-state index in [-0.39, 0.29) is 24.5 Å². The first kappa shape index (κ1) is 19.2. The van der Waals surface area contributed by atoms with Gasteiger partial charge >= 0.3 is 6.03 Å². The van der Waals surface area contributed by atoms with Gasteiger partial charge in [-0.2, -0.15) is 0 Å². The Bertz CT molecular complexity index is 843. The molecule has 2 aromatic rings. The van der Waals surface area contributed by atoms with E-state index in [0.29, 0.717) is 30.1 Å². The Hall–Kier alpha value is -2.60. The largest absolute Gasteiger partial charge is 0.390 e. The Morgan fingerprint density at radius 2 is 2.15 bits per heavy atom. The van der Waals surface area contributed by atoms with Gasteiger partial charge in [-0.1, -0.05) is 47.1 Å². The molecule has 1 N–H and O–H groups in total. The number of hydrogen-bond donors (Lipinski definition) is 1. The molecule has 7 heteroatoms. The summed E-state index contributed by atoms with van der Waals surface area (Å²) >= 11 is 6.23. The van der Waals surface area contributed by atoms with Crippen molar-refractivity contribution in [3.63, 3.8) is 0 Å². The number of carbonyl (C=O) groups excluding carboxylic acids is 1. The zero-order chi connectivity index (χ0) is 19.2. The van der Waals surface area contributed by atoms with Crippen LogP contribution in [0.4, 0.5) is 9.18 Å². The van der Waals surface area contributed by atoms with Crippen molar-refractivity contribution in [1.29, 1.82) is 0 Å². The van der Waals surface area contributed by atoms with Gasteiger partial charge in [0.05, 0.1) is 12.3 Å². The van der Waals surface area contributed by atoms with Gasteiger partial charge in [0.2, 0.25) is 0 Å². The van der Waals surface area contributed by atoms with Gasteiger partial charge in [-0.3, -0.25) is 0 Å². The molecule has 0 fully saturated rings. The molecular weight excluding hydrogens is 369 g/mol. The number of hydrogen-bond acceptors (Lipinski definition) is 3. The molecule has 5 nitrogen and oxygen atoms in total. The fourth-order valence-electron chi connectivity index (χ4n) is 2.96. The van der Waals surface area contributed by atoms with E-state index in [1.807, 2.05) is 25.1 Å². The minimum Gasteiger partial charge on any atom is -0.390 e. The van der Waals surface area contributed by atoms with Crippen LogP contribution in [0.25, 0.3) is 0 Å². The molecule has 1 aliphatic heterocycles. The van der Waals surface area contributed by atoms with Gasteiger partial charge in [-0.25, -0.2) is 9.18 Å². The Morgan fingerprint density at radius 1 is 1.33 bits per heavy atom. The fraction of sp³-hybridized carbons (Fsp3) is 0.300. The fourth-order valence-corrected chi connectivity index (χ4v) is 3.21. The van der Waals surface area contributed by atoms with Crippen molar-refractivity contribution in [3.05, 3.63) is 70.5 Å². The van der Waals surface area contributed by atoms with Gasteiger partial charge in [-0.15, -0.1) is 0 Å². The van der Waals surface area contributed by atoms with Crippen LogP contribution in [0, 0.1) is 5.82 Å². The van der Waals surface area contributed by atoms with Gasteiger partial charge in [0, 0.05) is 30.1 Å². The van der Waals surface area contributed by atoms with Crippen LogP contribution in [0.1, 0.15) is 24.5 Å². The minimum atomic E-state index is -0.329. The lowest BCUT2D eigenvalue weighted by Crippen LogP contribution is -2.43. The molecule has 1 aliphatic rings. The number of urea groups is 1. The molecule has 27 heavy (non-hydrogen) atoms. The molecule has 0 aliphatic carbocycles. The zero-order valence-electron chi connectivity index (χ0n) is 15.0. The van der Waals surface area contributed by atoms with Crippen LogP contribution >= 0.6 is 11.6 Å². The highest BCUT2D eigenvalue weighted by Crippen LogP contribution is 2.23. The molecule has 2 aromatic carbocycles. The third kappa shape index (κ3) is 4.98. The summed E-state index contributed by atoms with van der Waals surface area (Å²) in [4.78, 5) is 19.6. The summed E-state index contributed by atoms with van der Waals surface area (Å²) in [6.07, 6.45) is 0.260. The minimum absolute atomic E-state index is 0.225. The van der Waals surface area contributed by atoms with E-state index in [1.165, 1.54) is 12.1 Å². The van der Waals surface area contributed by atoms with Gasteiger partial charge in [0.15, 0.2) is 6.10 Å². The summed E-state index contributed by atoms with van der Waals surface area (Å²) in [6, 6.07) is 13.4. The van der Waals surface area contributed by atoms with Crippen molar-refractivity contribution < 1.29 is 14.0 Å². The molecule has 1 unspecified atom stereocenters. The maximum absolute atomic E-state index is 13.5. The van der Waals surface area contributed by atoms with E-state index in [1.54, 1.807) is 23.1 Å². The molecule has 0 saturated heterocycles. The van der Waals surface area contributed by atoms with Crippen LogP contribution in [0.3, 0.4) is 0 Å². The SMILES string of the molecule is CCNC(=O)N(Cc1cccc(F)c1)CC1CC(c2ccccc2Cl)=NO1. The smallest absolute Gasteiger partial charge is 0.317 e. The van der Waals surface area contributed by atoms with Crippen LogP contribution in [0.2, 0.25) is 5.02 Å². The number of amides is 2. The van der Waals surface area contributed by atoms with Crippen molar-refractivity contribution in [2.75, 3.05) is 13.1 Å². The second-order valence-corrected chi connectivity index (χ2v) is 6.70. The van der Waals surface area contributed by atoms with Crippen LogP contribution in [-0.4, -0.2) is 35.8 Å². The van der Waals surface area contributed by atoms with Gasteiger partial charge in [0.1, 0.15) is 5.82 Å². The number of rotatable bonds is 6. The molecule has 142 valence electrons. The number of carbonyl (C=O) groups is 1. The van der Waals surface area contributed by atoms with E-state index in [9.17, 15) is 9.18 Å². The lowest BCUT2D eigenvalue weighted by Gasteiger charge is -2.25. The maximum Gasteiger partial charge on any atom is 0.317 e. The van der Waals surface area contributed by atoms with Crippen LogP contribution in [0.15, 0.2) is 53.7 Å². The van der Waals surface area contributed by atoms with Crippen molar-refractivity contribution in [1.82, 2.24) is 10.2 Å². The number of halogens is 2. The van der Waals surface area contributed by atoms with E-state index in [4.69, 9.17) is 16.4 Å². The van der Waals surface area contributed by atoms with Gasteiger partial charge in [0.25, 0.3) is 0 Å². The maximum atomic E-state index is 13.5. The third-order valence-corrected chi connectivity index (χ3v) is 4.55. The van der Waals surface area contributed by atoms with Crippen molar-refractivity contribution >= 4 is 23.3 Å². The summed E-state index contributed by atoms with van der Waals surface area (Å²) in [5.41, 5.74) is 2.30. The Kier molecular flexibility index (Phi) is 6.29. The normalized spacial score (nSPS) is 15.8. The Morgan fingerprint density at radius 3 is 2.89 bits per heavy atom. The molecule has 0 radical (unpaired) electrons. The Labute approximate surface area is 162 Å². The first-order valence-corrected chi connectivity index (χ1v) is 9.19. The average Bonchev–Trinajstić information content (AvgIpc) is 3.10. The highest BCUT2D eigenvalue weighted by molar-refractivity contribution is 6.34. The van der Waals surface area contributed by atoms with Crippen LogP contribution < -0.4 is 5.32 Å². The molecule has 0 aromatic heterocycles. The molecular formula is C20H21ClFN3O2. The monoisotopic (exact) mass is 389 g/mol. The second-order valence-electron chi connectivity index (χ2n) is 6.30. The van der Waals surface area contributed by atoms with Crippen molar-refractivity contribution in [2.24, 2.45) is 5.16 Å². The topological polar surface area (TPSA) is 53.9 Å². The molecule has 1 atom stereocenters. The predicted molar refractivity (Wildman–Crippen MR) is 103 cm³/mol. The summed E-state index contributed by atoms with van der Waals surface area (Å²) < 4.78 is 13.5. The van der Waals surface area contributed by atoms with Crippen LogP contribution in [0.5, 0.6) is 0 Å². The average molecular weight is 390 g/mol. The molecule has 3 rings (SSSR count). The molecule has 0 spiro atoms. The lowest BCUT2D eigenvalue weighted by atomic mass is 10.0. The number of nitrogens with one attached hydrogen (secondary N) is 1. The predicted octanol–water partition coefficient (Wildman–Crippen LogP) is 4.20. The highest BCUT2D eigenvalue weighted by atomic mass is 35.5. The molecule has 1 heterocycles. The number of benzene rings is 2. The molecule has 0 saturated carbocycles. The quantitative estimate of drug-likeness (QED) is 0.804. The number of nitrogens with zero attached hydrogens (tertiary/aromatic N) is 2. The second kappa shape index (κ2) is 8.86. The summed E-state index contributed by atoms with van der Waals surface area (Å²) in [6.45, 7) is 2.97. The zero-order valence-corrected chi connectivity index (χ0v) is 15.7. The lowest BCUT2D eigenvalue weighted by molar-refractivity contribution is 0.0590. The first-order chi connectivity index (χ1) is 13.1. The third-order valence-electron chi connectivity index (χ3n) is 4.22. The summed E-state index contributed by atoms with van der Waals surface area (Å²) in [7, 11) is 0. The van der Waals surface area contributed by atoms with E-state index >= 15 is 0 Å². The summed E-state index contributed by atoms with van der Waals surface area (Å²) in [5.74, 6) is -0.329. The van der Waals surface area contributed by atoms with Crippen molar-refractivity contribution in [2.45, 2.75) is 26.0 Å². The van der Waals surface area contributed by atoms with E-state index < -0.39 is 0 Å². The van der Waals surface area contributed by atoms with Crippen molar-refractivity contribution in [3.8, 4) is 0 Å². The Balaban J connectivity index is 1.68. The molecule has 0 bridgehead atoms. The molecule has 2 amide bonds. The standard InChI is InChI=1S/C20H21ClFN3O2/c1-2-23-20(26)25(12-14-6-5-7-15(22)10-14)13-16-11-19(24-27-16)17-8-3-4-9-18(17)21/h3-10,16H,2,11-13H2,1H3,(H,23,26). The summed E-state index contributed by atoms with van der Waals surface area (Å²) in [5, 5.41) is 7.54.